The van der Waals surface area contributed by atoms with Gasteiger partial charge in [0.1, 0.15) is 5.02 Å². The van der Waals surface area contributed by atoms with Crippen molar-refractivity contribution in [3.05, 3.63) is 16.5 Å². The minimum atomic E-state index is -1.17. The Morgan fingerprint density at radius 2 is 2.45 bits per heavy atom. The van der Waals surface area contributed by atoms with Gasteiger partial charge in [0.15, 0.2) is 5.76 Å². The summed E-state index contributed by atoms with van der Waals surface area (Å²) in [6, 6.07) is 0. The van der Waals surface area contributed by atoms with Crippen LogP contribution in [-0.2, 0) is 6.42 Å². The Balaban J connectivity index is 3.10. The van der Waals surface area contributed by atoms with Crippen LogP contribution in [0.1, 0.15) is 23.2 Å². The number of hydrogen-bond donors (Lipinski definition) is 1. The summed E-state index contributed by atoms with van der Waals surface area (Å²) in [5.41, 5.74) is -0.219. The third kappa shape index (κ3) is 1.35. The Kier molecular flexibility index (Phi) is 2.14. The largest absolute Gasteiger partial charge is 0.476 e. The maximum atomic E-state index is 10.3. The maximum absolute atomic E-state index is 10.3. The highest BCUT2D eigenvalue weighted by Crippen LogP contribution is 2.20. The van der Waals surface area contributed by atoms with Gasteiger partial charge in [-0.25, -0.2) is 4.79 Å². The molecule has 1 rings (SSSR count). The molecule has 0 radical (unpaired) electrons. The van der Waals surface area contributed by atoms with Crippen molar-refractivity contribution in [2.24, 2.45) is 0 Å². The standard InChI is InChI=1S/C6H6ClNO3/c1-2-3-4(7)5(6(9)10)8-11-3/h2H2,1H3,(H,9,10). The Morgan fingerprint density at radius 1 is 1.82 bits per heavy atom. The van der Waals surface area contributed by atoms with E-state index in [2.05, 4.69) is 9.68 Å². The van der Waals surface area contributed by atoms with Gasteiger partial charge in [-0.1, -0.05) is 23.7 Å². The molecule has 1 N–H and O–H groups in total. The molecule has 0 fully saturated rings. The number of rotatable bonds is 2. The average molecular weight is 176 g/mol. The summed E-state index contributed by atoms with van der Waals surface area (Å²) >= 11 is 5.58. The molecule has 0 aliphatic carbocycles. The first-order valence-corrected chi connectivity index (χ1v) is 3.42. The average Bonchev–Trinajstić information content (AvgIpc) is 2.30. The summed E-state index contributed by atoms with van der Waals surface area (Å²) in [7, 11) is 0. The van der Waals surface area contributed by atoms with E-state index in [1.54, 1.807) is 6.92 Å². The molecule has 0 aromatic carbocycles. The number of aromatic carboxylic acids is 1. The van der Waals surface area contributed by atoms with Crippen LogP contribution in [0.3, 0.4) is 0 Å². The normalized spacial score (nSPS) is 10.0. The molecule has 1 aromatic rings. The van der Waals surface area contributed by atoms with Crippen molar-refractivity contribution < 1.29 is 14.4 Å². The molecule has 0 saturated carbocycles. The lowest BCUT2D eigenvalue weighted by atomic mass is 10.3. The first kappa shape index (κ1) is 8.07. The van der Waals surface area contributed by atoms with Gasteiger partial charge in [0.05, 0.1) is 0 Å². The maximum Gasteiger partial charge on any atom is 0.359 e. The quantitative estimate of drug-likeness (QED) is 0.742. The molecule has 0 spiro atoms. The molecule has 0 aliphatic heterocycles. The van der Waals surface area contributed by atoms with Crippen molar-refractivity contribution in [2.45, 2.75) is 13.3 Å². The van der Waals surface area contributed by atoms with Gasteiger partial charge in [-0.3, -0.25) is 0 Å². The van der Waals surface area contributed by atoms with Crippen LogP contribution < -0.4 is 0 Å². The fourth-order valence-electron chi connectivity index (χ4n) is 0.666. The Labute approximate surface area is 67.8 Å². The van der Waals surface area contributed by atoms with E-state index in [0.29, 0.717) is 12.2 Å². The number of aryl methyl sites for hydroxylation is 1. The molecule has 5 heteroatoms. The second kappa shape index (κ2) is 2.92. The minimum Gasteiger partial charge on any atom is -0.476 e. The van der Waals surface area contributed by atoms with Crippen LogP contribution in [0.4, 0.5) is 0 Å². The molecule has 0 bridgehead atoms. The number of hydrogen-bond acceptors (Lipinski definition) is 3. The van der Waals surface area contributed by atoms with E-state index in [1.807, 2.05) is 0 Å². The highest BCUT2D eigenvalue weighted by molar-refractivity contribution is 6.33. The second-order valence-corrected chi connectivity index (χ2v) is 2.31. The van der Waals surface area contributed by atoms with Crippen molar-refractivity contribution in [1.29, 1.82) is 0 Å². The fraction of sp³-hybridized carbons (Fsp3) is 0.333. The monoisotopic (exact) mass is 175 g/mol. The molecule has 1 aromatic heterocycles. The fourth-order valence-corrected chi connectivity index (χ4v) is 0.949. The van der Waals surface area contributed by atoms with Gasteiger partial charge < -0.3 is 9.63 Å². The van der Waals surface area contributed by atoms with Gasteiger partial charge in [0, 0.05) is 6.42 Å². The first-order valence-electron chi connectivity index (χ1n) is 3.04. The van der Waals surface area contributed by atoms with Crippen molar-refractivity contribution in [2.75, 3.05) is 0 Å². The van der Waals surface area contributed by atoms with Gasteiger partial charge in [0.25, 0.3) is 0 Å². The van der Waals surface area contributed by atoms with E-state index in [4.69, 9.17) is 16.7 Å². The van der Waals surface area contributed by atoms with Crippen LogP contribution >= 0.6 is 11.6 Å². The lowest BCUT2D eigenvalue weighted by Gasteiger charge is -1.85. The van der Waals surface area contributed by atoms with Crippen molar-refractivity contribution in [3.8, 4) is 0 Å². The van der Waals surface area contributed by atoms with E-state index in [1.165, 1.54) is 0 Å². The number of carboxylic acids is 1. The molecular weight excluding hydrogens is 170 g/mol. The van der Waals surface area contributed by atoms with Crippen molar-refractivity contribution >= 4 is 17.6 Å². The third-order valence-corrected chi connectivity index (χ3v) is 1.61. The molecular formula is C6H6ClNO3. The summed E-state index contributed by atoms with van der Waals surface area (Å²) in [4.78, 5) is 10.3. The molecule has 0 unspecified atom stereocenters. The lowest BCUT2D eigenvalue weighted by molar-refractivity contribution is 0.0686. The number of nitrogens with zero attached hydrogens (tertiary/aromatic N) is 1. The van der Waals surface area contributed by atoms with Crippen LogP contribution in [0.5, 0.6) is 0 Å². The number of carbonyl (C=O) groups is 1. The number of aromatic nitrogens is 1. The Morgan fingerprint density at radius 3 is 2.73 bits per heavy atom. The van der Waals surface area contributed by atoms with E-state index in [0.717, 1.165) is 0 Å². The Bertz CT molecular complexity index is 281. The molecule has 4 nitrogen and oxygen atoms in total. The summed E-state index contributed by atoms with van der Waals surface area (Å²) < 4.78 is 4.64. The third-order valence-electron chi connectivity index (χ3n) is 1.22. The van der Waals surface area contributed by atoms with Crippen molar-refractivity contribution in [1.82, 2.24) is 5.16 Å². The molecule has 60 valence electrons. The van der Waals surface area contributed by atoms with Crippen LogP contribution in [0.25, 0.3) is 0 Å². The van der Waals surface area contributed by atoms with Crippen LogP contribution in [0.2, 0.25) is 5.02 Å². The van der Waals surface area contributed by atoms with Gasteiger partial charge in [-0.15, -0.1) is 0 Å². The van der Waals surface area contributed by atoms with E-state index in [9.17, 15) is 4.79 Å². The van der Waals surface area contributed by atoms with E-state index >= 15 is 0 Å². The van der Waals surface area contributed by atoms with Gasteiger partial charge in [-0.05, 0) is 0 Å². The SMILES string of the molecule is CCc1onc(C(=O)O)c1Cl. The van der Waals surface area contributed by atoms with E-state index < -0.39 is 5.97 Å². The summed E-state index contributed by atoms with van der Waals surface area (Å²) in [5.74, 6) is -0.762. The molecule has 11 heavy (non-hydrogen) atoms. The predicted molar refractivity (Wildman–Crippen MR) is 37.9 cm³/mol. The van der Waals surface area contributed by atoms with Crippen LogP contribution in [-0.4, -0.2) is 16.2 Å². The second-order valence-electron chi connectivity index (χ2n) is 1.93. The van der Waals surface area contributed by atoms with Crippen LogP contribution in [0.15, 0.2) is 4.52 Å². The highest BCUT2D eigenvalue weighted by atomic mass is 35.5. The Hall–Kier alpha value is -1.03. The zero-order chi connectivity index (χ0) is 8.43. The van der Waals surface area contributed by atoms with Gasteiger partial charge in [0.2, 0.25) is 5.69 Å². The predicted octanol–water partition coefficient (Wildman–Crippen LogP) is 1.59. The molecule has 1 heterocycles. The van der Waals surface area contributed by atoms with E-state index in [-0.39, 0.29) is 10.7 Å². The zero-order valence-corrected chi connectivity index (χ0v) is 6.55. The van der Waals surface area contributed by atoms with Gasteiger partial charge in [-0.2, -0.15) is 0 Å². The smallest absolute Gasteiger partial charge is 0.359 e. The topological polar surface area (TPSA) is 63.3 Å². The molecule has 0 amide bonds. The van der Waals surface area contributed by atoms with Crippen LogP contribution in [0, 0.1) is 0 Å². The zero-order valence-electron chi connectivity index (χ0n) is 5.80. The molecule has 0 atom stereocenters. The number of halogens is 1. The van der Waals surface area contributed by atoms with Crippen molar-refractivity contribution in [3.63, 3.8) is 0 Å². The molecule has 0 saturated heterocycles. The summed E-state index contributed by atoms with van der Waals surface area (Å²) in [5, 5.41) is 11.8. The highest BCUT2D eigenvalue weighted by Gasteiger charge is 2.17. The minimum absolute atomic E-state index is 0.0972. The van der Waals surface area contributed by atoms with Gasteiger partial charge >= 0.3 is 5.97 Å². The summed E-state index contributed by atoms with van der Waals surface area (Å²) in [6.07, 6.45) is 0.541. The first-order chi connectivity index (χ1) is 5.16. The lowest BCUT2D eigenvalue weighted by Crippen LogP contribution is -1.96. The summed E-state index contributed by atoms with van der Waals surface area (Å²) in [6.45, 7) is 1.80. The number of carboxylic acid groups (broad SMARTS) is 1. The molecule has 0 aliphatic rings.